The van der Waals surface area contributed by atoms with E-state index in [1.54, 1.807) is 30.3 Å². The van der Waals surface area contributed by atoms with Crippen LogP contribution in [0, 0.1) is 6.92 Å². The summed E-state index contributed by atoms with van der Waals surface area (Å²) in [6.45, 7) is 2.41. The quantitative estimate of drug-likeness (QED) is 0.733. The van der Waals surface area contributed by atoms with Crippen LogP contribution < -0.4 is 9.62 Å². The number of amides is 1. The fraction of sp³-hybridized carbons (Fsp3) is 0.238. The minimum absolute atomic E-state index is 0.157. The molecule has 0 radical (unpaired) electrons. The first-order valence-corrected chi connectivity index (χ1v) is 10.8. The van der Waals surface area contributed by atoms with Crippen molar-refractivity contribution >= 4 is 38.2 Å². The smallest absolute Gasteiger partial charge is 0.274 e. The second-order valence-electron chi connectivity index (χ2n) is 6.94. The maximum absolute atomic E-state index is 12.7. The second-order valence-corrected chi connectivity index (χ2v) is 8.95. The molecule has 0 atom stereocenters. The van der Waals surface area contributed by atoms with Gasteiger partial charge in [0.2, 0.25) is 10.0 Å². The molecule has 0 unspecified atom stereocenters. The number of para-hydroxylation sites is 1. The minimum atomic E-state index is -3.30. The predicted octanol–water partition coefficient (Wildman–Crippen LogP) is 3.73. The molecule has 3 aromatic rings. The van der Waals surface area contributed by atoms with Crippen LogP contribution in [-0.4, -0.2) is 31.6 Å². The Bertz CT molecular complexity index is 1160. The first kappa shape index (κ1) is 18.4. The molecule has 0 saturated carbocycles. The highest BCUT2D eigenvalue weighted by Crippen LogP contribution is 2.26. The molecular formula is C21H21N3O3S. The molecule has 0 bridgehead atoms. The summed E-state index contributed by atoms with van der Waals surface area (Å²) in [5.74, 6) is -0.170. The first-order chi connectivity index (χ1) is 13.4. The number of nitrogens with one attached hydrogen (secondary N) is 1. The van der Waals surface area contributed by atoms with Crippen molar-refractivity contribution in [3.63, 3.8) is 0 Å². The molecule has 1 aromatic heterocycles. The summed E-state index contributed by atoms with van der Waals surface area (Å²) < 4.78 is 26.1. The topological polar surface area (TPSA) is 79.4 Å². The number of rotatable bonds is 3. The number of carbonyl (C=O) groups is 1. The van der Waals surface area contributed by atoms with E-state index in [1.807, 2.05) is 31.2 Å². The third-order valence-electron chi connectivity index (χ3n) is 4.90. The van der Waals surface area contributed by atoms with Crippen LogP contribution in [0.2, 0.25) is 0 Å². The normalized spacial score (nSPS) is 16.1. The number of hydrogen-bond acceptors (Lipinski definition) is 4. The Morgan fingerprint density at radius 1 is 1.07 bits per heavy atom. The SMILES string of the molecule is Cc1cc(C(=O)Nc2cccc(N3CCCCS3(=O)=O)c2)nc2ccccc12. The van der Waals surface area contributed by atoms with Crippen LogP contribution in [0.1, 0.15) is 28.9 Å². The van der Waals surface area contributed by atoms with Gasteiger partial charge in [0.05, 0.1) is 17.0 Å². The van der Waals surface area contributed by atoms with Crippen molar-refractivity contribution in [2.24, 2.45) is 0 Å². The number of pyridine rings is 1. The van der Waals surface area contributed by atoms with E-state index in [9.17, 15) is 13.2 Å². The maximum Gasteiger partial charge on any atom is 0.274 e. The number of hydrogen-bond donors (Lipinski definition) is 1. The lowest BCUT2D eigenvalue weighted by Gasteiger charge is -2.28. The van der Waals surface area contributed by atoms with Crippen LogP contribution >= 0.6 is 0 Å². The predicted molar refractivity (Wildman–Crippen MR) is 111 cm³/mol. The first-order valence-electron chi connectivity index (χ1n) is 9.22. The highest BCUT2D eigenvalue weighted by Gasteiger charge is 2.26. The third-order valence-corrected chi connectivity index (χ3v) is 6.77. The summed E-state index contributed by atoms with van der Waals surface area (Å²) >= 11 is 0. The standard InChI is InChI=1S/C21H21N3O3S/c1-15-13-20(23-19-10-3-2-9-18(15)19)21(25)22-16-7-6-8-17(14-16)24-11-4-5-12-28(24,26)27/h2-3,6-10,13-14H,4-5,11-12H2,1H3,(H,22,25). The van der Waals surface area contributed by atoms with E-state index < -0.39 is 10.0 Å². The molecule has 1 aliphatic rings. The summed E-state index contributed by atoms with van der Waals surface area (Å²) in [5.41, 5.74) is 3.17. The van der Waals surface area contributed by atoms with Gasteiger partial charge in [-0.25, -0.2) is 13.4 Å². The van der Waals surface area contributed by atoms with Gasteiger partial charge in [0.15, 0.2) is 0 Å². The Kier molecular flexibility index (Phi) is 4.77. The largest absolute Gasteiger partial charge is 0.321 e. The summed E-state index contributed by atoms with van der Waals surface area (Å²) in [6.07, 6.45) is 1.51. The van der Waals surface area contributed by atoms with Gasteiger partial charge in [0, 0.05) is 17.6 Å². The molecular weight excluding hydrogens is 374 g/mol. The zero-order valence-corrected chi connectivity index (χ0v) is 16.4. The average Bonchev–Trinajstić information content (AvgIpc) is 2.68. The average molecular weight is 395 g/mol. The molecule has 7 heteroatoms. The highest BCUT2D eigenvalue weighted by atomic mass is 32.2. The molecule has 6 nitrogen and oxygen atoms in total. The zero-order valence-electron chi connectivity index (χ0n) is 15.6. The van der Waals surface area contributed by atoms with Crippen LogP contribution in [0.4, 0.5) is 11.4 Å². The molecule has 2 aromatic carbocycles. The molecule has 28 heavy (non-hydrogen) atoms. The number of aryl methyl sites for hydroxylation is 1. The van der Waals surface area contributed by atoms with Crippen molar-refractivity contribution in [1.29, 1.82) is 0 Å². The van der Waals surface area contributed by atoms with Crippen LogP contribution in [0.3, 0.4) is 0 Å². The fourth-order valence-corrected chi connectivity index (χ4v) is 5.11. The molecule has 4 rings (SSSR count). The molecule has 1 amide bonds. The van der Waals surface area contributed by atoms with Crippen molar-refractivity contribution in [2.45, 2.75) is 19.8 Å². The number of fused-ring (bicyclic) bond motifs is 1. The van der Waals surface area contributed by atoms with E-state index in [-0.39, 0.29) is 11.7 Å². The van der Waals surface area contributed by atoms with Crippen molar-refractivity contribution in [2.75, 3.05) is 21.9 Å². The Morgan fingerprint density at radius 3 is 2.71 bits per heavy atom. The third kappa shape index (κ3) is 3.57. The number of nitrogens with zero attached hydrogens (tertiary/aromatic N) is 2. The maximum atomic E-state index is 12.7. The molecule has 0 spiro atoms. The Labute approximate surface area is 164 Å². The van der Waals surface area contributed by atoms with Crippen molar-refractivity contribution in [3.8, 4) is 0 Å². The zero-order chi connectivity index (χ0) is 19.7. The van der Waals surface area contributed by atoms with Crippen LogP contribution in [0.15, 0.2) is 54.6 Å². The van der Waals surface area contributed by atoms with E-state index in [2.05, 4.69) is 10.3 Å². The van der Waals surface area contributed by atoms with Crippen molar-refractivity contribution < 1.29 is 13.2 Å². The monoisotopic (exact) mass is 395 g/mol. The number of anilines is 2. The molecule has 1 fully saturated rings. The van der Waals surface area contributed by atoms with Gasteiger partial charge in [0.1, 0.15) is 5.69 Å². The lowest BCUT2D eigenvalue weighted by atomic mass is 10.1. The van der Waals surface area contributed by atoms with Crippen molar-refractivity contribution in [3.05, 3.63) is 65.9 Å². The molecule has 0 aliphatic carbocycles. The molecule has 1 saturated heterocycles. The van der Waals surface area contributed by atoms with Crippen LogP contribution in [0.5, 0.6) is 0 Å². The van der Waals surface area contributed by atoms with Gasteiger partial charge in [0.25, 0.3) is 5.91 Å². The molecule has 144 valence electrons. The van der Waals surface area contributed by atoms with Crippen LogP contribution in [0.25, 0.3) is 10.9 Å². The van der Waals surface area contributed by atoms with E-state index in [1.165, 1.54) is 4.31 Å². The molecule has 1 aliphatic heterocycles. The lowest BCUT2D eigenvalue weighted by molar-refractivity contribution is 0.102. The Balaban J connectivity index is 1.60. The number of aromatic nitrogens is 1. The van der Waals surface area contributed by atoms with E-state index in [0.717, 1.165) is 22.9 Å². The molecule has 1 N–H and O–H groups in total. The number of sulfonamides is 1. The number of benzene rings is 2. The van der Waals surface area contributed by atoms with Gasteiger partial charge < -0.3 is 5.32 Å². The fourth-order valence-electron chi connectivity index (χ4n) is 3.48. The van der Waals surface area contributed by atoms with Gasteiger partial charge >= 0.3 is 0 Å². The van der Waals surface area contributed by atoms with E-state index >= 15 is 0 Å². The Hall–Kier alpha value is -2.93. The Morgan fingerprint density at radius 2 is 1.89 bits per heavy atom. The van der Waals surface area contributed by atoms with Gasteiger partial charge in [-0.2, -0.15) is 0 Å². The van der Waals surface area contributed by atoms with Gasteiger partial charge in [-0.3, -0.25) is 9.10 Å². The van der Waals surface area contributed by atoms with Crippen LogP contribution in [-0.2, 0) is 10.0 Å². The second kappa shape index (κ2) is 7.24. The van der Waals surface area contributed by atoms with Gasteiger partial charge in [-0.15, -0.1) is 0 Å². The summed E-state index contributed by atoms with van der Waals surface area (Å²) in [6, 6.07) is 16.4. The van der Waals surface area contributed by atoms with E-state index in [0.29, 0.717) is 30.0 Å². The lowest BCUT2D eigenvalue weighted by Crippen LogP contribution is -2.37. The number of carbonyl (C=O) groups excluding carboxylic acids is 1. The highest BCUT2D eigenvalue weighted by molar-refractivity contribution is 7.92. The van der Waals surface area contributed by atoms with Gasteiger partial charge in [-0.1, -0.05) is 24.3 Å². The summed E-state index contributed by atoms with van der Waals surface area (Å²) in [5, 5.41) is 3.84. The van der Waals surface area contributed by atoms with Crippen molar-refractivity contribution in [1.82, 2.24) is 4.98 Å². The summed E-state index contributed by atoms with van der Waals surface area (Å²) in [7, 11) is -3.30. The summed E-state index contributed by atoms with van der Waals surface area (Å²) in [4.78, 5) is 17.2. The van der Waals surface area contributed by atoms with E-state index in [4.69, 9.17) is 0 Å². The minimum Gasteiger partial charge on any atom is -0.321 e. The molecule has 2 heterocycles. The van der Waals surface area contributed by atoms with Gasteiger partial charge in [-0.05, 0) is 55.7 Å².